The molecule has 0 unspecified atom stereocenters. The lowest BCUT2D eigenvalue weighted by Crippen LogP contribution is -2.15. The molecule has 1 aliphatic rings. The van der Waals surface area contributed by atoms with Gasteiger partial charge in [-0.2, -0.15) is 0 Å². The Balaban J connectivity index is 1.93. The van der Waals surface area contributed by atoms with E-state index in [9.17, 15) is 4.79 Å². The van der Waals surface area contributed by atoms with E-state index in [1.165, 1.54) is 0 Å². The molecule has 0 saturated carbocycles. The van der Waals surface area contributed by atoms with Gasteiger partial charge >= 0.3 is 0 Å². The van der Waals surface area contributed by atoms with E-state index in [1.807, 2.05) is 0 Å². The Morgan fingerprint density at radius 3 is 2.87 bits per heavy atom. The van der Waals surface area contributed by atoms with Gasteiger partial charge in [-0.1, -0.05) is 13.8 Å². The van der Waals surface area contributed by atoms with Crippen molar-refractivity contribution in [2.24, 2.45) is 5.92 Å². The first-order valence-electron chi connectivity index (χ1n) is 5.73. The molecule has 0 amide bonds. The van der Waals surface area contributed by atoms with Crippen molar-refractivity contribution in [1.29, 1.82) is 0 Å². The van der Waals surface area contributed by atoms with Gasteiger partial charge in [-0.05, 0) is 18.8 Å². The quantitative estimate of drug-likeness (QED) is 0.653. The number of carbonyl (C=O) groups excluding carboxylic acids is 1. The lowest BCUT2D eigenvalue weighted by molar-refractivity contribution is -0.114. The number of nitrogens with one attached hydrogen (secondary N) is 1. The zero-order chi connectivity index (χ0) is 11.1. The van der Waals surface area contributed by atoms with E-state index in [0.717, 1.165) is 38.3 Å². The number of rotatable bonds is 7. The fourth-order valence-corrected chi connectivity index (χ4v) is 1.48. The molecule has 0 aromatic carbocycles. The van der Waals surface area contributed by atoms with Crippen LogP contribution in [0, 0.1) is 5.92 Å². The van der Waals surface area contributed by atoms with Crippen LogP contribution < -0.4 is 5.32 Å². The van der Waals surface area contributed by atoms with Gasteiger partial charge in [0.1, 0.15) is 0 Å². The fourth-order valence-electron chi connectivity index (χ4n) is 1.48. The maximum atomic E-state index is 10.9. The standard InChI is InChI=1S/C12H21NO2/c1-10(2)9-15-7-3-6-13-11-4-5-12(14)8-11/h8,10,13H,3-7,9H2,1-2H3. The molecule has 0 spiro atoms. The van der Waals surface area contributed by atoms with Gasteiger partial charge in [0.2, 0.25) is 0 Å². The highest BCUT2D eigenvalue weighted by Crippen LogP contribution is 2.11. The van der Waals surface area contributed by atoms with Gasteiger partial charge in [-0.25, -0.2) is 0 Å². The number of ketones is 1. The zero-order valence-corrected chi connectivity index (χ0v) is 9.71. The Labute approximate surface area is 91.9 Å². The highest BCUT2D eigenvalue weighted by molar-refractivity contribution is 5.92. The summed E-state index contributed by atoms with van der Waals surface area (Å²) in [5, 5.41) is 3.26. The minimum Gasteiger partial charge on any atom is -0.388 e. The van der Waals surface area contributed by atoms with Gasteiger partial charge < -0.3 is 10.1 Å². The van der Waals surface area contributed by atoms with Crippen LogP contribution in [-0.4, -0.2) is 25.5 Å². The van der Waals surface area contributed by atoms with Crippen LogP contribution in [0.4, 0.5) is 0 Å². The largest absolute Gasteiger partial charge is 0.388 e. The summed E-state index contributed by atoms with van der Waals surface area (Å²) < 4.78 is 5.45. The molecule has 3 heteroatoms. The van der Waals surface area contributed by atoms with Crippen LogP contribution >= 0.6 is 0 Å². The van der Waals surface area contributed by atoms with Crippen LogP contribution in [0.3, 0.4) is 0 Å². The second-order valence-corrected chi connectivity index (χ2v) is 4.38. The molecule has 0 bridgehead atoms. The zero-order valence-electron chi connectivity index (χ0n) is 9.71. The molecule has 86 valence electrons. The van der Waals surface area contributed by atoms with Crippen molar-refractivity contribution in [3.05, 3.63) is 11.8 Å². The van der Waals surface area contributed by atoms with Crippen molar-refractivity contribution in [3.63, 3.8) is 0 Å². The monoisotopic (exact) mass is 211 g/mol. The summed E-state index contributed by atoms with van der Waals surface area (Å²) in [5.74, 6) is 0.849. The van der Waals surface area contributed by atoms with Gasteiger partial charge in [0.15, 0.2) is 5.78 Å². The first-order valence-corrected chi connectivity index (χ1v) is 5.73. The average Bonchev–Trinajstić information content (AvgIpc) is 2.57. The van der Waals surface area contributed by atoms with Crippen molar-refractivity contribution < 1.29 is 9.53 Å². The van der Waals surface area contributed by atoms with E-state index in [2.05, 4.69) is 19.2 Å². The molecule has 1 N–H and O–H groups in total. The maximum absolute atomic E-state index is 10.9. The predicted molar refractivity (Wildman–Crippen MR) is 60.6 cm³/mol. The van der Waals surface area contributed by atoms with Crippen molar-refractivity contribution in [2.75, 3.05) is 19.8 Å². The van der Waals surface area contributed by atoms with Crippen LogP contribution in [0.15, 0.2) is 11.8 Å². The van der Waals surface area contributed by atoms with E-state index in [4.69, 9.17) is 4.74 Å². The number of allylic oxidation sites excluding steroid dienone is 2. The van der Waals surface area contributed by atoms with E-state index in [-0.39, 0.29) is 5.78 Å². The minimum atomic E-state index is 0.244. The molecule has 0 aromatic heterocycles. The van der Waals surface area contributed by atoms with Crippen molar-refractivity contribution >= 4 is 5.78 Å². The molecular weight excluding hydrogens is 190 g/mol. The lowest BCUT2D eigenvalue weighted by atomic mass is 10.2. The van der Waals surface area contributed by atoms with Gasteiger partial charge in [-0.15, -0.1) is 0 Å². The molecule has 1 rings (SSSR count). The summed E-state index contributed by atoms with van der Waals surface area (Å²) >= 11 is 0. The smallest absolute Gasteiger partial charge is 0.157 e. The van der Waals surface area contributed by atoms with Gasteiger partial charge in [0.05, 0.1) is 0 Å². The summed E-state index contributed by atoms with van der Waals surface area (Å²) in [5.41, 5.74) is 1.09. The number of hydrogen-bond donors (Lipinski definition) is 1. The molecule has 0 aliphatic heterocycles. The molecule has 0 atom stereocenters. The molecule has 3 nitrogen and oxygen atoms in total. The minimum absolute atomic E-state index is 0.244. The van der Waals surface area contributed by atoms with Crippen LogP contribution in [0.2, 0.25) is 0 Å². The average molecular weight is 211 g/mol. The molecule has 15 heavy (non-hydrogen) atoms. The summed E-state index contributed by atoms with van der Waals surface area (Å²) in [4.78, 5) is 10.9. The Kier molecular flexibility index (Phi) is 5.40. The molecule has 0 heterocycles. The fraction of sp³-hybridized carbons (Fsp3) is 0.750. The third-order valence-corrected chi connectivity index (χ3v) is 2.24. The topological polar surface area (TPSA) is 38.3 Å². The molecular formula is C12H21NO2. The number of hydrogen-bond acceptors (Lipinski definition) is 3. The number of carbonyl (C=O) groups is 1. The Hall–Kier alpha value is -0.830. The van der Waals surface area contributed by atoms with E-state index in [1.54, 1.807) is 6.08 Å². The summed E-state index contributed by atoms with van der Waals surface area (Å²) in [7, 11) is 0. The normalized spacial score (nSPS) is 15.9. The predicted octanol–water partition coefficient (Wildman–Crippen LogP) is 1.89. The first-order chi connectivity index (χ1) is 7.18. The van der Waals surface area contributed by atoms with Crippen molar-refractivity contribution in [3.8, 4) is 0 Å². The molecule has 0 radical (unpaired) electrons. The second-order valence-electron chi connectivity index (χ2n) is 4.38. The van der Waals surface area contributed by atoms with E-state index < -0.39 is 0 Å². The van der Waals surface area contributed by atoms with Gasteiger partial charge in [0.25, 0.3) is 0 Å². The van der Waals surface area contributed by atoms with Crippen molar-refractivity contribution in [1.82, 2.24) is 5.32 Å². The Morgan fingerprint density at radius 1 is 1.47 bits per heavy atom. The molecule has 1 aliphatic carbocycles. The highest BCUT2D eigenvalue weighted by atomic mass is 16.5. The first kappa shape index (κ1) is 12.2. The van der Waals surface area contributed by atoms with Crippen LogP contribution in [-0.2, 0) is 9.53 Å². The maximum Gasteiger partial charge on any atom is 0.157 e. The highest BCUT2D eigenvalue weighted by Gasteiger charge is 2.10. The van der Waals surface area contributed by atoms with Crippen LogP contribution in [0.25, 0.3) is 0 Å². The SMILES string of the molecule is CC(C)COCCCNC1=CC(=O)CC1. The number of ether oxygens (including phenoxy) is 1. The third kappa shape index (κ3) is 5.57. The van der Waals surface area contributed by atoms with Crippen LogP contribution in [0.1, 0.15) is 33.1 Å². The summed E-state index contributed by atoms with van der Waals surface area (Å²) in [6.07, 6.45) is 4.27. The van der Waals surface area contributed by atoms with Gasteiger partial charge in [-0.3, -0.25) is 4.79 Å². The van der Waals surface area contributed by atoms with Crippen molar-refractivity contribution in [2.45, 2.75) is 33.1 Å². The molecule has 0 aromatic rings. The van der Waals surface area contributed by atoms with Crippen LogP contribution in [0.5, 0.6) is 0 Å². The van der Waals surface area contributed by atoms with E-state index >= 15 is 0 Å². The summed E-state index contributed by atoms with van der Waals surface area (Å²) in [6, 6.07) is 0. The van der Waals surface area contributed by atoms with E-state index in [0.29, 0.717) is 12.3 Å². The van der Waals surface area contributed by atoms with Gasteiger partial charge in [0, 0.05) is 38.0 Å². The lowest BCUT2D eigenvalue weighted by Gasteiger charge is -2.08. The third-order valence-electron chi connectivity index (χ3n) is 2.24. The Morgan fingerprint density at radius 2 is 2.27 bits per heavy atom. The molecule has 0 saturated heterocycles. The Bertz CT molecular complexity index is 234. The second kappa shape index (κ2) is 6.62. The summed E-state index contributed by atoms with van der Waals surface area (Å²) in [6.45, 7) is 6.82. The molecule has 0 fully saturated rings.